The third-order valence-electron chi connectivity index (χ3n) is 4.02. The van der Waals surface area contributed by atoms with Gasteiger partial charge < -0.3 is 14.8 Å². The zero-order valence-corrected chi connectivity index (χ0v) is 11.3. The van der Waals surface area contributed by atoms with Crippen molar-refractivity contribution in [3.8, 4) is 0 Å². The van der Waals surface area contributed by atoms with Crippen LogP contribution in [0.1, 0.15) is 39.0 Å². The van der Waals surface area contributed by atoms with Crippen molar-refractivity contribution in [1.82, 2.24) is 5.32 Å². The Morgan fingerprint density at radius 2 is 2.00 bits per heavy atom. The second-order valence-corrected chi connectivity index (χ2v) is 5.42. The second kappa shape index (κ2) is 7.10. The molecule has 0 spiro atoms. The van der Waals surface area contributed by atoms with Gasteiger partial charge in [0, 0.05) is 6.54 Å². The van der Waals surface area contributed by atoms with Crippen LogP contribution in [0.2, 0.25) is 0 Å². The molecule has 2 fully saturated rings. The van der Waals surface area contributed by atoms with Crippen molar-refractivity contribution >= 4 is 5.97 Å². The number of esters is 1. The van der Waals surface area contributed by atoms with Crippen LogP contribution in [0.3, 0.4) is 0 Å². The van der Waals surface area contributed by atoms with Gasteiger partial charge in [-0.05, 0) is 51.5 Å². The highest BCUT2D eigenvalue weighted by Gasteiger charge is 2.28. The van der Waals surface area contributed by atoms with E-state index >= 15 is 0 Å². The molecule has 104 valence electrons. The molecule has 2 rings (SSSR count). The van der Waals surface area contributed by atoms with Gasteiger partial charge in [-0.2, -0.15) is 0 Å². The number of carbonyl (C=O) groups is 1. The van der Waals surface area contributed by atoms with E-state index in [0.29, 0.717) is 18.6 Å². The van der Waals surface area contributed by atoms with E-state index in [2.05, 4.69) is 5.32 Å². The first-order chi connectivity index (χ1) is 8.79. The first kappa shape index (κ1) is 13.8. The molecular weight excluding hydrogens is 230 g/mol. The van der Waals surface area contributed by atoms with Crippen LogP contribution in [0, 0.1) is 11.8 Å². The van der Waals surface area contributed by atoms with Gasteiger partial charge >= 0.3 is 5.97 Å². The smallest absolute Gasteiger partial charge is 0.308 e. The third-order valence-corrected chi connectivity index (χ3v) is 4.02. The van der Waals surface area contributed by atoms with Gasteiger partial charge in [-0.15, -0.1) is 0 Å². The van der Waals surface area contributed by atoms with Crippen LogP contribution in [0.5, 0.6) is 0 Å². The molecule has 1 aliphatic heterocycles. The Hall–Kier alpha value is -0.610. The average molecular weight is 255 g/mol. The maximum absolute atomic E-state index is 11.6. The van der Waals surface area contributed by atoms with Gasteiger partial charge in [-0.3, -0.25) is 4.79 Å². The van der Waals surface area contributed by atoms with Crippen LogP contribution in [0.4, 0.5) is 0 Å². The lowest BCUT2D eigenvalue weighted by atomic mass is 9.87. The summed E-state index contributed by atoms with van der Waals surface area (Å²) < 4.78 is 11.0. The predicted octanol–water partition coefficient (Wildman–Crippen LogP) is 1.73. The zero-order valence-electron chi connectivity index (χ0n) is 11.3. The largest absolute Gasteiger partial charge is 0.466 e. The van der Waals surface area contributed by atoms with Gasteiger partial charge in [0.25, 0.3) is 0 Å². The fraction of sp³-hybridized carbons (Fsp3) is 0.929. The lowest BCUT2D eigenvalue weighted by Gasteiger charge is -2.28. The highest BCUT2D eigenvalue weighted by molar-refractivity contribution is 5.72. The van der Waals surface area contributed by atoms with Crippen LogP contribution >= 0.6 is 0 Å². The van der Waals surface area contributed by atoms with E-state index in [1.165, 1.54) is 6.42 Å². The molecule has 1 atom stereocenters. The molecule has 1 saturated carbocycles. The van der Waals surface area contributed by atoms with Crippen molar-refractivity contribution < 1.29 is 14.3 Å². The van der Waals surface area contributed by atoms with Gasteiger partial charge in [-0.1, -0.05) is 0 Å². The Kier molecular flexibility index (Phi) is 5.45. The minimum Gasteiger partial charge on any atom is -0.466 e. The Morgan fingerprint density at radius 1 is 1.22 bits per heavy atom. The summed E-state index contributed by atoms with van der Waals surface area (Å²) in [5.41, 5.74) is 0. The van der Waals surface area contributed by atoms with E-state index in [1.54, 1.807) is 0 Å². The van der Waals surface area contributed by atoms with E-state index in [0.717, 1.165) is 45.4 Å². The first-order valence-corrected chi connectivity index (χ1v) is 7.28. The monoisotopic (exact) mass is 255 g/mol. The van der Waals surface area contributed by atoms with Crippen molar-refractivity contribution in [1.29, 1.82) is 0 Å². The molecule has 0 aromatic rings. The summed E-state index contributed by atoms with van der Waals surface area (Å²) in [4.78, 5) is 11.6. The maximum Gasteiger partial charge on any atom is 0.308 e. The Morgan fingerprint density at radius 3 is 2.61 bits per heavy atom. The zero-order chi connectivity index (χ0) is 12.8. The maximum atomic E-state index is 11.6. The molecule has 0 aromatic heterocycles. The summed E-state index contributed by atoms with van der Waals surface area (Å²) in [5, 5.41) is 3.35. The fourth-order valence-electron chi connectivity index (χ4n) is 2.85. The van der Waals surface area contributed by atoms with Crippen molar-refractivity contribution in [3.05, 3.63) is 0 Å². The second-order valence-electron chi connectivity index (χ2n) is 5.42. The molecule has 2 aliphatic rings. The van der Waals surface area contributed by atoms with Gasteiger partial charge in [0.1, 0.15) is 0 Å². The van der Waals surface area contributed by atoms with Crippen molar-refractivity contribution in [3.63, 3.8) is 0 Å². The van der Waals surface area contributed by atoms with Crippen LogP contribution < -0.4 is 5.32 Å². The SMILES string of the molecule is CCOC(=O)C1CCC(OC[C@@H]2CCNC2)CC1. The standard InChI is InChI=1S/C14H25NO3/c1-2-17-14(16)12-3-5-13(6-4-12)18-10-11-7-8-15-9-11/h11-13,15H,2-10H2,1H3/t11-,12?,13?/m1/s1. The van der Waals surface area contributed by atoms with Crippen LogP contribution in [-0.4, -0.2) is 38.4 Å². The lowest BCUT2D eigenvalue weighted by Crippen LogP contribution is -2.29. The topological polar surface area (TPSA) is 47.6 Å². The van der Waals surface area contributed by atoms with Crippen LogP contribution in [0.25, 0.3) is 0 Å². The molecule has 1 aliphatic carbocycles. The Bertz CT molecular complexity index is 256. The van der Waals surface area contributed by atoms with E-state index in [1.807, 2.05) is 6.92 Å². The van der Waals surface area contributed by atoms with Crippen molar-refractivity contribution in [2.45, 2.75) is 45.1 Å². The summed E-state index contributed by atoms with van der Waals surface area (Å²) in [5.74, 6) is 0.779. The Labute approximate surface area is 109 Å². The van der Waals surface area contributed by atoms with E-state index in [-0.39, 0.29) is 11.9 Å². The highest BCUT2D eigenvalue weighted by Crippen LogP contribution is 2.27. The minimum absolute atomic E-state index is 0.0176. The van der Waals surface area contributed by atoms with Gasteiger partial charge in [0.2, 0.25) is 0 Å². The number of ether oxygens (including phenoxy) is 2. The predicted molar refractivity (Wildman–Crippen MR) is 69.3 cm³/mol. The first-order valence-electron chi connectivity index (χ1n) is 7.28. The number of hydrogen-bond donors (Lipinski definition) is 1. The lowest BCUT2D eigenvalue weighted by molar-refractivity contribution is -0.150. The molecule has 0 aromatic carbocycles. The van der Waals surface area contributed by atoms with E-state index in [9.17, 15) is 4.79 Å². The Balaban J connectivity index is 1.62. The number of rotatable bonds is 5. The number of carbonyl (C=O) groups excluding carboxylic acids is 1. The molecule has 0 unspecified atom stereocenters. The van der Waals surface area contributed by atoms with Crippen molar-refractivity contribution in [2.24, 2.45) is 11.8 Å². The van der Waals surface area contributed by atoms with E-state index < -0.39 is 0 Å². The molecule has 0 radical (unpaired) electrons. The van der Waals surface area contributed by atoms with Crippen LogP contribution in [0.15, 0.2) is 0 Å². The highest BCUT2D eigenvalue weighted by atomic mass is 16.5. The molecule has 0 amide bonds. The number of nitrogens with one attached hydrogen (secondary N) is 1. The van der Waals surface area contributed by atoms with E-state index in [4.69, 9.17) is 9.47 Å². The molecule has 4 heteroatoms. The summed E-state index contributed by atoms with van der Waals surface area (Å²) in [6, 6.07) is 0. The van der Waals surface area contributed by atoms with Gasteiger partial charge in [0.15, 0.2) is 0 Å². The third kappa shape index (κ3) is 3.95. The summed E-state index contributed by atoms with van der Waals surface area (Å²) in [6.07, 6.45) is 5.45. The average Bonchev–Trinajstić information content (AvgIpc) is 2.90. The normalized spacial score (nSPS) is 32.4. The molecule has 4 nitrogen and oxygen atoms in total. The molecule has 1 N–H and O–H groups in total. The molecule has 18 heavy (non-hydrogen) atoms. The fourth-order valence-corrected chi connectivity index (χ4v) is 2.85. The van der Waals surface area contributed by atoms with Crippen LogP contribution in [-0.2, 0) is 14.3 Å². The quantitative estimate of drug-likeness (QED) is 0.760. The van der Waals surface area contributed by atoms with Gasteiger partial charge in [0.05, 0.1) is 25.2 Å². The number of hydrogen-bond acceptors (Lipinski definition) is 4. The van der Waals surface area contributed by atoms with Gasteiger partial charge in [-0.25, -0.2) is 0 Å². The molecular formula is C14H25NO3. The summed E-state index contributed by atoms with van der Waals surface area (Å²) >= 11 is 0. The molecule has 0 bridgehead atoms. The summed E-state index contributed by atoms with van der Waals surface area (Å²) in [7, 11) is 0. The summed E-state index contributed by atoms with van der Waals surface area (Å²) in [6.45, 7) is 5.45. The molecule has 1 saturated heterocycles. The van der Waals surface area contributed by atoms with Crippen molar-refractivity contribution in [2.75, 3.05) is 26.3 Å². The molecule has 1 heterocycles. The minimum atomic E-state index is -0.0176.